The van der Waals surface area contributed by atoms with Crippen LogP contribution in [-0.2, 0) is 6.42 Å². The first-order valence-corrected chi connectivity index (χ1v) is 15.1. The summed E-state index contributed by atoms with van der Waals surface area (Å²) in [5.41, 5.74) is 7.28. The van der Waals surface area contributed by atoms with Gasteiger partial charge in [0.25, 0.3) is 0 Å². The van der Waals surface area contributed by atoms with Crippen LogP contribution in [0.25, 0.3) is 33.2 Å². The molecule has 0 bridgehead atoms. The fraction of sp³-hybridized carbons (Fsp3) is 0.267. The van der Waals surface area contributed by atoms with Crippen molar-refractivity contribution >= 4 is 40.4 Å². The third-order valence-corrected chi connectivity index (χ3v) is 10.4. The molecular formula is C30H32N2OSi. The van der Waals surface area contributed by atoms with Crippen LogP contribution in [0.2, 0.25) is 13.1 Å². The van der Waals surface area contributed by atoms with Crippen molar-refractivity contribution in [2.24, 2.45) is 5.92 Å². The number of furan rings is 1. The Morgan fingerprint density at radius 2 is 1.68 bits per heavy atom. The summed E-state index contributed by atoms with van der Waals surface area (Å²) >= 11 is 0. The van der Waals surface area contributed by atoms with Crippen LogP contribution in [0.15, 0.2) is 71.3 Å². The first kappa shape index (κ1) is 22.5. The Morgan fingerprint density at radius 1 is 0.912 bits per heavy atom. The predicted octanol–water partition coefficient (Wildman–Crippen LogP) is 6.68. The van der Waals surface area contributed by atoms with Crippen LogP contribution in [0.4, 0.5) is 0 Å². The van der Waals surface area contributed by atoms with E-state index < -0.39 is 8.07 Å². The fourth-order valence-electron chi connectivity index (χ4n) is 5.08. The molecule has 3 aromatic heterocycles. The number of hydrogen-bond acceptors (Lipinski definition) is 3. The molecule has 0 N–H and O–H groups in total. The highest BCUT2D eigenvalue weighted by Gasteiger charge is 2.29. The normalized spacial score (nSPS) is 12.2. The molecule has 2 aromatic carbocycles. The number of pyridine rings is 2. The average Bonchev–Trinajstić information content (AvgIpc) is 3.17. The van der Waals surface area contributed by atoms with Gasteiger partial charge in [0.2, 0.25) is 0 Å². The second-order valence-electron chi connectivity index (χ2n) is 10.4. The van der Waals surface area contributed by atoms with E-state index in [1.807, 2.05) is 13.8 Å². The minimum absolute atomic E-state index is 0.577. The van der Waals surface area contributed by atoms with Gasteiger partial charge in [0.1, 0.15) is 13.7 Å². The highest BCUT2D eigenvalue weighted by atomic mass is 28.3. The molecule has 3 nitrogen and oxygen atoms in total. The molecular weight excluding hydrogens is 432 g/mol. The summed E-state index contributed by atoms with van der Waals surface area (Å²) in [6.45, 7) is 13.5. The van der Waals surface area contributed by atoms with Gasteiger partial charge in [0.15, 0.2) is 5.58 Å². The van der Waals surface area contributed by atoms with E-state index in [0.29, 0.717) is 5.92 Å². The zero-order valence-corrected chi connectivity index (χ0v) is 21.9. The minimum atomic E-state index is -1.86. The lowest BCUT2D eigenvalue weighted by molar-refractivity contribution is 0.649. The summed E-state index contributed by atoms with van der Waals surface area (Å²) < 4.78 is 6.14. The van der Waals surface area contributed by atoms with Crippen molar-refractivity contribution in [3.8, 4) is 11.3 Å². The molecule has 0 unspecified atom stereocenters. The van der Waals surface area contributed by atoms with Crippen molar-refractivity contribution in [1.29, 1.82) is 0 Å². The Bertz CT molecular complexity index is 1500. The number of rotatable bonds is 5. The number of fused-ring (bicyclic) bond motifs is 3. The smallest absolute Gasteiger partial charge is 0.156 e. The number of aryl methyl sites for hydroxylation is 2. The number of aromatic nitrogens is 2. The SMILES string of the molecule is Cc1cc2c(oc3ccc(-c4cc(CC(C)C)c([Si](C)(C)c5ccccc5)cn4)cc32)c(C)n1. The lowest BCUT2D eigenvalue weighted by Crippen LogP contribution is -2.54. The molecule has 0 saturated heterocycles. The minimum Gasteiger partial charge on any atom is -0.454 e. The van der Waals surface area contributed by atoms with Crippen molar-refractivity contribution in [1.82, 2.24) is 9.97 Å². The van der Waals surface area contributed by atoms with Crippen LogP contribution in [0, 0.1) is 19.8 Å². The van der Waals surface area contributed by atoms with E-state index >= 15 is 0 Å². The molecule has 0 fully saturated rings. The molecule has 0 radical (unpaired) electrons. The van der Waals surface area contributed by atoms with Gasteiger partial charge >= 0.3 is 0 Å². The van der Waals surface area contributed by atoms with Crippen LogP contribution in [0.5, 0.6) is 0 Å². The van der Waals surface area contributed by atoms with Crippen molar-refractivity contribution < 1.29 is 4.42 Å². The Hall–Kier alpha value is -3.24. The van der Waals surface area contributed by atoms with Crippen molar-refractivity contribution in [3.05, 3.63) is 83.8 Å². The summed E-state index contributed by atoms with van der Waals surface area (Å²) in [5.74, 6) is 0.577. The highest BCUT2D eigenvalue weighted by molar-refractivity contribution is 7.00. The molecule has 172 valence electrons. The van der Waals surface area contributed by atoms with Crippen LogP contribution in [0.1, 0.15) is 30.8 Å². The van der Waals surface area contributed by atoms with Gasteiger partial charge in [-0.2, -0.15) is 0 Å². The maximum Gasteiger partial charge on any atom is 0.156 e. The van der Waals surface area contributed by atoms with E-state index in [1.165, 1.54) is 15.9 Å². The van der Waals surface area contributed by atoms with Crippen LogP contribution < -0.4 is 10.4 Å². The summed E-state index contributed by atoms with van der Waals surface area (Å²) in [5, 5.41) is 5.12. The molecule has 3 heterocycles. The number of hydrogen-bond donors (Lipinski definition) is 0. The average molecular weight is 465 g/mol. The van der Waals surface area contributed by atoms with Gasteiger partial charge < -0.3 is 4.42 Å². The van der Waals surface area contributed by atoms with E-state index in [4.69, 9.17) is 9.40 Å². The Balaban J connectivity index is 1.65. The second kappa shape index (κ2) is 8.52. The monoisotopic (exact) mass is 464 g/mol. The van der Waals surface area contributed by atoms with Gasteiger partial charge in [-0.3, -0.25) is 9.97 Å². The van der Waals surface area contributed by atoms with Gasteiger partial charge in [0.05, 0.1) is 11.4 Å². The van der Waals surface area contributed by atoms with Gasteiger partial charge in [0, 0.05) is 28.2 Å². The van der Waals surface area contributed by atoms with E-state index in [0.717, 1.165) is 51.0 Å². The third-order valence-electron chi connectivity index (χ3n) is 6.83. The molecule has 4 heteroatoms. The molecule has 5 aromatic rings. The Labute approximate surface area is 202 Å². The number of nitrogens with zero attached hydrogens (tertiary/aromatic N) is 2. The summed E-state index contributed by atoms with van der Waals surface area (Å²) in [6, 6.07) is 21.8. The molecule has 5 rings (SSSR count). The first-order chi connectivity index (χ1) is 16.2. The maximum atomic E-state index is 6.14. The molecule has 0 spiro atoms. The summed E-state index contributed by atoms with van der Waals surface area (Å²) in [4.78, 5) is 9.58. The lowest BCUT2D eigenvalue weighted by atomic mass is 10.0. The Kier molecular flexibility index (Phi) is 5.65. The molecule has 0 saturated carbocycles. The summed E-state index contributed by atoms with van der Waals surface area (Å²) in [6.07, 6.45) is 3.21. The molecule has 34 heavy (non-hydrogen) atoms. The predicted molar refractivity (Wildman–Crippen MR) is 146 cm³/mol. The van der Waals surface area contributed by atoms with Gasteiger partial charge in [-0.1, -0.05) is 62.5 Å². The van der Waals surface area contributed by atoms with E-state index in [9.17, 15) is 0 Å². The fourth-order valence-corrected chi connectivity index (χ4v) is 7.78. The van der Waals surface area contributed by atoms with Gasteiger partial charge in [-0.05, 0) is 67.3 Å². The highest BCUT2D eigenvalue weighted by Crippen LogP contribution is 2.33. The van der Waals surface area contributed by atoms with Crippen molar-refractivity contribution in [2.45, 2.75) is 47.2 Å². The maximum absolute atomic E-state index is 6.14. The topological polar surface area (TPSA) is 38.9 Å². The van der Waals surface area contributed by atoms with Crippen LogP contribution in [-0.4, -0.2) is 18.0 Å². The zero-order chi connectivity index (χ0) is 24.0. The third kappa shape index (κ3) is 3.96. The quantitative estimate of drug-likeness (QED) is 0.272. The second-order valence-corrected chi connectivity index (χ2v) is 14.7. The number of benzene rings is 2. The van der Waals surface area contributed by atoms with Crippen LogP contribution >= 0.6 is 0 Å². The summed E-state index contributed by atoms with van der Waals surface area (Å²) in [7, 11) is -1.86. The van der Waals surface area contributed by atoms with Crippen molar-refractivity contribution in [3.63, 3.8) is 0 Å². The molecule has 0 aliphatic heterocycles. The van der Waals surface area contributed by atoms with Crippen molar-refractivity contribution in [2.75, 3.05) is 0 Å². The van der Waals surface area contributed by atoms with E-state index in [1.54, 1.807) is 0 Å². The van der Waals surface area contributed by atoms with E-state index in [2.05, 4.69) is 98.8 Å². The zero-order valence-electron chi connectivity index (χ0n) is 20.9. The molecule has 0 aliphatic carbocycles. The Morgan fingerprint density at radius 3 is 2.41 bits per heavy atom. The standard InChI is InChI=1S/C30H32N2OSi/c1-19(2)14-23-17-27(31-18-29(23)34(5,6)24-10-8-7-9-11-24)22-12-13-28-25(16-22)26-15-20(3)32-21(4)30(26)33-28/h7-13,15-19H,14H2,1-6H3. The van der Waals surface area contributed by atoms with Crippen LogP contribution in [0.3, 0.4) is 0 Å². The molecule has 0 atom stereocenters. The lowest BCUT2D eigenvalue weighted by Gasteiger charge is -2.27. The van der Waals surface area contributed by atoms with E-state index in [-0.39, 0.29) is 0 Å². The molecule has 0 amide bonds. The largest absolute Gasteiger partial charge is 0.454 e. The first-order valence-electron chi connectivity index (χ1n) is 12.1. The van der Waals surface area contributed by atoms with Gasteiger partial charge in [-0.25, -0.2) is 0 Å². The van der Waals surface area contributed by atoms with Gasteiger partial charge in [-0.15, -0.1) is 0 Å². The molecule has 0 aliphatic rings.